The van der Waals surface area contributed by atoms with Crippen LogP contribution in [0.4, 0.5) is 0 Å². The number of hydrogen-bond donors (Lipinski definition) is 1. The fourth-order valence-corrected chi connectivity index (χ4v) is 1.78. The minimum atomic E-state index is -0.983. The Morgan fingerprint density at radius 1 is 1.42 bits per heavy atom. The second kappa shape index (κ2) is 4.48. The van der Waals surface area contributed by atoms with Crippen molar-refractivity contribution in [2.75, 3.05) is 0 Å². The van der Waals surface area contributed by atoms with E-state index in [1.54, 1.807) is 10.7 Å². The largest absolute Gasteiger partial charge is 0.478 e. The number of benzene rings is 1. The van der Waals surface area contributed by atoms with Crippen molar-refractivity contribution in [1.29, 1.82) is 0 Å². The third kappa shape index (κ3) is 2.15. The van der Waals surface area contributed by atoms with Gasteiger partial charge in [-0.15, -0.1) is 5.10 Å². The van der Waals surface area contributed by atoms with Crippen LogP contribution in [0.2, 0.25) is 0 Å². The summed E-state index contributed by atoms with van der Waals surface area (Å²) in [5, 5.41) is 20.5. The minimum absolute atomic E-state index is 0.192. The third-order valence-electron chi connectivity index (χ3n) is 2.72. The van der Waals surface area contributed by atoms with Gasteiger partial charge in [-0.1, -0.05) is 10.4 Å². The molecule has 1 N–H and O–H groups in total. The summed E-state index contributed by atoms with van der Waals surface area (Å²) in [5.74, 6) is -0.394. The van der Waals surface area contributed by atoms with Crippen LogP contribution >= 0.6 is 0 Å². The van der Waals surface area contributed by atoms with E-state index in [1.807, 2.05) is 0 Å². The first-order valence-corrected chi connectivity index (χ1v) is 5.56. The van der Waals surface area contributed by atoms with Crippen LogP contribution in [0, 0.1) is 0 Å². The van der Waals surface area contributed by atoms with E-state index in [0.717, 1.165) is 5.52 Å². The van der Waals surface area contributed by atoms with Crippen molar-refractivity contribution < 1.29 is 14.4 Å². The zero-order chi connectivity index (χ0) is 13.2. The first-order chi connectivity index (χ1) is 9.24. The number of aromatic nitrogens is 5. The van der Waals surface area contributed by atoms with Gasteiger partial charge in [0.2, 0.25) is 6.39 Å². The molecule has 8 heteroatoms. The van der Waals surface area contributed by atoms with E-state index >= 15 is 0 Å². The lowest BCUT2D eigenvalue weighted by atomic mass is 10.2. The maximum atomic E-state index is 10.9. The van der Waals surface area contributed by atoms with Crippen LogP contribution in [0.15, 0.2) is 29.1 Å². The molecule has 3 rings (SSSR count). The highest BCUT2D eigenvalue weighted by atomic mass is 16.5. The number of carbonyl (C=O) groups is 1. The molecule has 0 radical (unpaired) electrons. The standard InChI is InChI=1S/C11H9N5O3/c17-11(18)7-1-2-9-8(5-7)13-15-16(9)4-3-10-12-6-19-14-10/h1-2,5-6H,3-4H2,(H,17,18). The zero-order valence-corrected chi connectivity index (χ0v) is 9.72. The molecule has 0 amide bonds. The van der Waals surface area contributed by atoms with Crippen LogP contribution in [-0.4, -0.2) is 36.2 Å². The summed E-state index contributed by atoms with van der Waals surface area (Å²) in [6, 6.07) is 4.71. The van der Waals surface area contributed by atoms with Crippen LogP contribution in [0.3, 0.4) is 0 Å². The lowest BCUT2D eigenvalue weighted by Crippen LogP contribution is -2.04. The zero-order valence-electron chi connectivity index (χ0n) is 9.72. The third-order valence-corrected chi connectivity index (χ3v) is 2.72. The second-order valence-corrected chi connectivity index (χ2v) is 3.92. The molecule has 0 spiro atoms. The molecule has 0 bridgehead atoms. The molecule has 2 heterocycles. The molecule has 19 heavy (non-hydrogen) atoms. The smallest absolute Gasteiger partial charge is 0.335 e. The van der Waals surface area contributed by atoms with Crippen LogP contribution in [0.1, 0.15) is 16.2 Å². The van der Waals surface area contributed by atoms with Crippen molar-refractivity contribution in [1.82, 2.24) is 25.1 Å². The molecule has 0 unspecified atom stereocenters. The van der Waals surface area contributed by atoms with Crippen molar-refractivity contribution in [3.8, 4) is 0 Å². The van der Waals surface area contributed by atoms with E-state index in [9.17, 15) is 4.79 Å². The molecule has 3 aromatic rings. The lowest BCUT2D eigenvalue weighted by molar-refractivity contribution is 0.0697. The van der Waals surface area contributed by atoms with Gasteiger partial charge in [-0.05, 0) is 18.2 Å². The second-order valence-electron chi connectivity index (χ2n) is 3.92. The number of hydrogen-bond acceptors (Lipinski definition) is 6. The summed E-state index contributed by atoms with van der Waals surface area (Å²) < 4.78 is 6.32. The molecule has 0 saturated heterocycles. The molecule has 0 fully saturated rings. The summed E-state index contributed by atoms with van der Waals surface area (Å²) in [6.45, 7) is 0.544. The highest BCUT2D eigenvalue weighted by Gasteiger charge is 2.09. The fraction of sp³-hybridized carbons (Fsp3) is 0.182. The normalized spacial score (nSPS) is 10.9. The fourth-order valence-electron chi connectivity index (χ4n) is 1.78. The van der Waals surface area contributed by atoms with Gasteiger partial charge in [-0.3, -0.25) is 0 Å². The van der Waals surface area contributed by atoms with Crippen molar-refractivity contribution in [3.05, 3.63) is 36.0 Å². The molecule has 96 valence electrons. The number of carboxylic acids is 1. The van der Waals surface area contributed by atoms with E-state index in [1.165, 1.54) is 18.5 Å². The van der Waals surface area contributed by atoms with Gasteiger partial charge in [0.1, 0.15) is 5.52 Å². The lowest BCUT2D eigenvalue weighted by Gasteiger charge is -1.99. The van der Waals surface area contributed by atoms with E-state index in [4.69, 9.17) is 5.11 Å². The SMILES string of the molecule is O=C(O)c1ccc2c(c1)nnn2CCc1ncon1. The Kier molecular flexibility index (Phi) is 2.67. The van der Waals surface area contributed by atoms with Crippen LogP contribution in [0.5, 0.6) is 0 Å². The van der Waals surface area contributed by atoms with E-state index in [0.29, 0.717) is 24.3 Å². The molecule has 8 nitrogen and oxygen atoms in total. The predicted molar refractivity (Wildman–Crippen MR) is 62.5 cm³/mol. The van der Waals surface area contributed by atoms with Gasteiger partial charge >= 0.3 is 5.97 Å². The summed E-state index contributed by atoms with van der Waals surface area (Å²) in [6.07, 6.45) is 1.84. The van der Waals surface area contributed by atoms with E-state index in [2.05, 4.69) is 25.0 Å². The number of aryl methyl sites for hydroxylation is 2. The van der Waals surface area contributed by atoms with Gasteiger partial charge < -0.3 is 9.63 Å². The first-order valence-electron chi connectivity index (χ1n) is 5.56. The van der Waals surface area contributed by atoms with E-state index in [-0.39, 0.29) is 5.56 Å². The first kappa shape index (κ1) is 11.3. The topological polar surface area (TPSA) is 107 Å². The van der Waals surface area contributed by atoms with Gasteiger partial charge in [0.25, 0.3) is 0 Å². The van der Waals surface area contributed by atoms with Crippen molar-refractivity contribution in [3.63, 3.8) is 0 Å². The number of aromatic carboxylic acids is 1. The summed E-state index contributed by atoms with van der Waals surface area (Å²) in [7, 11) is 0. The maximum absolute atomic E-state index is 10.9. The van der Waals surface area contributed by atoms with Crippen LogP contribution < -0.4 is 0 Å². The Morgan fingerprint density at radius 3 is 3.05 bits per heavy atom. The predicted octanol–water partition coefficient (Wildman–Crippen LogP) is 0.755. The Labute approximate surface area is 106 Å². The van der Waals surface area contributed by atoms with Crippen LogP contribution in [-0.2, 0) is 13.0 Å². The molecule has 0 aliphatic carbocycles. The number of rotatable bonds is 4. The molecular weight excluding hydrogens is 250 g/mol. The van der Waals surface area contributed by atoms with Gasteiger partial charge in [-0.2, -0.15) is 4.98 Å². The molecule has 2 aromatic heterocycles. The Hall–Kier alpha value is -2.77. The van der Waals surface area contributed by atoms with Crippen LogP contribution in [0.25, 0.3) is 11.0 Å². The van der Waals surface area contributed by atoms with Gasteiger partial charge in [0.15, 0.2) is 5.82 Å². The van der Waals surface area contributed by atoms with Crippen molar-refractivity contribution >= 4 is 17.0 Å². The molecule has 1 aromatic carbocycles. The number of fused-ring (bicyclic) bond motifs is 1. The summed E-state index contributed by atoms with van der Waals surface area (Å²) >= 11 is 0. The minimum Gasteiger partial charge on any atom is -0.478 e. The summed E-state index contributed by atoms with van der Waals surface area (Å²) in [4.78, 5) is 14.8. The molecule has 0 aliphatic heterocycles. The summed E-state index contributed by atoms with van der Waals surface area (Å²) in [5.41, 5.74) is 1.51. The highest BCUT2D eigenvalue weighted by Crippen LogP contribution is 2.13. The molecule has 0 saturated carbocycles. The average Bonchev–Trinajstić information content (AvgIpc) is 3.05. The maximum Gasteiger partial charge on any atom is 0.335 e. The molecule has 0 atom stereocenters. The van der Waals surface area contributed by atoms with Gasteiger partial charge in [0.05, 0.1) is 17.6 Å². The number of nitrogens with zero attached hydrogens (tertiary/aromatic N) is 5. The molecule has 0 aliphatic rings. The quantitative estimate of drug-likeness (QED) is 0.736. The molecular formula is C11H9N5O3. The van der Waals surface area contributed by atoms with Crippen molar-refractivity contribution in [2.24, 2.45) is 0 Å². The van der Waals surface area contributed by atoms with Crippen molar-refractivity contribution in [2.45, 2.75) is 13.0 Å². The highest BCUT2D eigenvalue weighted by molar-refractivity contribution is 5.92. The Balaban J connectivity index is 1.86. The Bertz CT molecular complexity index is 719. The van der Waals surface area contributed by atoms with Gasteiger partial charge in [0, 0.05) is 6.42 Å². The van der Waals surface area contributed by atoms with E-state index < -0.39 is 5.97 Å². The monoisotopic (exact) mass is 259 g/mol. The number of carboxylic acid groups (broad SMARTS) is 1. The Morgan fingerprint density at radius 2 is 2.32 bits per heavy atom. The average molecular weight is 259 g/mol. The van der Waals surface area contributed by atoms with Gasteiger partial charge in [-0.25, -0.2) is 9.48 Å².